The van der Waals surface area contributed by atoms with Crippen LogP contribution in [0.15, 0.2) is 203 Å². The van der Waals surface area contributed by atoms with Gasteiger partial charge in [-0.15, -0.1) is 0 Å². The lowest BCUT2D eigenvalue weighted by Gasteiger charge is -2.41. The molecule has 1 fully saturated rings. The predicted molar refractivity (Wildman–Crippen MR) is 270 cm³/mol. The zero-order valence-corrected chi connectivity index (χ0v) is 39.9. The number of amides is 1. The van der Waals surface area contributed by atoms with Gasteiger partial charge in [-0.2, -0.15) is 4.72 Å². The van der Waals surface area contributed by atoms with E-state index < -0.39 is 28.3 Å². The maximum Gasteiger partial charge on any atom is 0.256 e. The lowest BCUT2D eigenvalue weighted by Crippen LogP contribution is -2.47. The topological polar surface area (TPSA) is 140 Å². The normalized spacial score (nSPS) is 17.6. The summed E-state index contributed by atoms with van der Waals surface area (Å²) in [5.41, 5.74) is 9.78. The summed E-state index contributed by atoms with van der Waals surface area (Å²) in [4.78, 5) is 19.0. The Morgan fingerprint density at radius 1 is 0.696 bits per heavy atom. The third-order valence-corrected chi connectivity index (χ3v) is 14.8. The molecule has 1 amide bonds. The zero-order valence-electron chi connectivity index (χ0n) is 38.3. The van der Waals surface area contributed by atoms with E-state index in [1.54, 1.807) is 24.3 Å². The first-order valence-electron chi connectivity index (χ1n) is 23.0. The number of sulfonamides is 1. The number of oxazole rings is 1. The summed E-state index contributed by atoms with van der Waals surface area (Å²) in [5.74, 6) is 0.761. The molecular weight excluding hydrogens is 903 g/mol. The van der Waals surface area contributed by atoms with E-state index in [9.17, 15) is 18.3 Å². The van der Waals surface area contributed by atoms with Gasteiger partial charge in [0.1, 0.15) is 11.7 Å². The number of hydrogen-bond acceptors (Lipinski definition) is 9. The summed E-state index contributed by atoms with van der Waals surface area (Å²) >= 11 is 1.51. The van der Waals surface area contributed by atoms with Crippen LogP contribution in [0.4, 0.5) is 0 Å². The number of nitrogens with one attached hydrogen (secondary N) is 2. The summed E-state index contributed by atoms with van der Waals surface area (Å²) in [6.07, 6.45) is -1.11. The molecule has 1 aliphatic heterocycles. The molecule has 1 aliphatic rings. The van der Waals surface area contributed by atoms with E-state index in [1.807, 2.05) is 171 Å². The molecule has 7 aromatic carbocycles. The number of hydrogen-bond donors (Lipinski definition) is 3. The molecule has 1 saturated heterocycles. The number of aliphatic hydroxyl groups excluding tert-OH is 1. The van der Waals surface area contributed by atoms with Crippen LogP contribution in [0.5, 0.6) is 0 Å². The Morgan fingerprint density at radius 2 is 1.32 bits per heavy atom. The quantitative estimate of drug-likeness (QED) is 0.0761. The molecule has 0 radical (unpaired) electrons. The first-order valence-corrected chi connectivity index (χ1v) is 25.4. The number of thioether (sulfide) groups is 1. The van der Waals surface area contributed by atoms with Crippen molar-refractivity contribution < 1.29 is 32.2 Å². The largest absolute Gasteiger partial charge is 0.431 e. The van der Waals surface area contributed by atoms with Gasteiger partial charge in [0.15, 0.2) is 12.1 Å². The van der Waals surface area contributed by atoms with Crippen LogP contribution >= 0.6 is 11.8 Å². The van der Waals surface area contributed by atoms with Gasteiger partial charge >= 0.3 is 0 Å². The Balaban J connectivity index is 0.933. The minimum Gasteiger partial charge on any atom is -0.431 e. The monoisotopic (exact) mass is 955 g/mol. The number of aryl methyl sites for hydroxylation is 1. The first-order chi connectivity index (χ1) is 33.6. The highest BCUT2D eigenvalue weighted by Crippen LogP contribution is 2.44. The molecule has 5 atom stereocenters. The second-order valence-corrected chi connectivity index (χ2v) is 19.9. The summed E-state index contributed by atoms with van der Waals surface area (Å²) in [7, 11) is -4.00. The van der Waals surface area contributed by atoms with E-state index in [0.29, 0.717) is 16.7 Å². The lowest BCUT2D eigenvalue weighted by atomic mass is 9.91. The summed E-state index contributed by atoms with van der Waals surface area (Å²) in [6, 6.07) is 58.6. The zero-order chi connectivity index (χ0) is 47.7. The van der Waals surface area contributed by atoms with E-state index in [1.165, 1.54) is 11.8 Å². The van der Waals surface area contributed by atoms with Crippen LogP contribution in [0, 0.1) is 12.8 Å². The van der Waals surface area contributed by atoms with Gasteiger partial charge in [0.25, 0.3) is 5.22 Å². The van der Waals surface area contributed by atoms with E-state index in [2.05, 4.69) is 17.0 Å². The Labute approximate surface area is 407 Å². The number of benzene rings is 7. The highest BCUT2D eigenvalue weighted by atomic mass is 32.2. The van der Waals surface area contributed by atoms with Gasteiger partial charge in [-0.05, 0) is 58.9 Å². The number of ether oxygens (including phenoxy) is 2. The summed E-state index contributed by atoms with van der Waals surface area (Å²) in [6.45, 7) is 4.14. The van der Waals surface area contributed by atoms with Gasteiger partial charge in [-0.25, -0.2) is 13.4 Å². The van der Waals surface area contributed by atoms with Crippen molar-refractivity contribution >= 4 is 27.7 Å². The van der Waals surface area contributed by atoms with Crippen molar-refractivity contribution in [2.45, 2.75) is 68.1 Å². The third kappa shape index (κ3) is 11.5. The third-order valence-electron chi connectivity index (χ3n) is 12.4. The lowest BCUT2D eigenvalue weighted by molar-refractivity contribution is -0.268. The molecule has 1 aromatic heterocycles. The van der Waals surface area contributed by atoms with Crippen molar-refractivity contribution in [3.05, 3.63) is 221 Å². The van der Waals surface area contributed by atoms with Gasteiger partial charge in [0, 0.05) is 34.9 Å². The standard InChI is InChI=1S/C57H53N3O7S2/c1-38-22-32-48(33-23-38)69(63,64)60-50(34-40-14-6-3-7-15-40)55(62)58-35-47-20-12-13-21-49(47)42-28-30-46(31-29-42)56-65-51(39(2)53(66-56)45-26-24-41(36-61)25-27-45)37-68-57-59-52(43-16-8-4-9-17-43)54(67-57)44-18-10-5-11-19-44/h3-33,39,50-51,53,56,60-61H,34-37H2,1-2H3,(H,58,62)/t39-,50+,51+,53+,56+/m0/s1. The van der Waals surface area contributed by atoms with Gasteiger partial charge in [0.05, 0.1) is 23.7 Å². The molecule has 69 heavy (non-hydrogen) atoms. The van der Waals surface area contributed by atoms with E-state index in [-0.39, 0.29) is 42.6 Å². The van der Waals surface area contributed by atoms with Crippen molar-refractivity contribution in [3.63, 3.8) is 0 Å². The molecule has 0 spiro atoms. The predicted octanol–water partition coefficient (Wildman–Crippen LogP) is 11.3. The van der Waals surface area contributed by atoms with Crippen LogP contribution in [0.2, 0.25) is 0 Å². The second kappa shape index (κ2) is 21.8. The van der Waals surface area contributed by atoms with Gasteiger partial charge in [-0.1, -0.05) is 200 Å². The van der Waals surface area contributed by atoms with Gasteiger partial charge in [0.2, 0.25) is 15.9 Å². The molecule has 0 bridgehead atoms. The summed E-state index contributed by atoms with van der Waals surface area (Å²) in [5, 5.41) is 13.4. The van der Waals surface area contributed by atoms with Crippen molar-refractivity contribution in [1.82, 2.24) is 15.0 Å². The van der Waals surface area contributed by atoms with E-state index in [4.69, 9.17) is 18.9 Å². The summed E-state index contributed by atoms with van der Waals surface area (Å²) < 4.78 is 49.8. The second-order valence-electron chi connectivity index (χ2n) is 17.2. The van der Waals surface area contributed by atoms with Crippen molar-refractivity contribution in [2.75, 3.05) is 5.75 Å². The maximum atomic E-state index is 13.9. The number of carbonyl (C=O) groups excluding carboxylic acids is 1. The van der Waals surface area contributed by atoms with Crippen LogP contribution in [0.1, 0.15) is 52.7 Å². The van der Waals surface area contributed by atoms with Crippen molar-refractivity contribution in [1.29, 1.82) is 0 Å². The average molecular weight is 956 g/mol. The smallest absolute Gasteiger partial charge is 0.256 e. The fourth-order valence-electron chi connectivity index (χ4n) is 8.49. The number of aliphatic hydroxyl groups is 1. The molecule has 10 nitrogen and oxygen atoms in total. The van der Waals surface area contributed by atoms with Crippen molar-refractivity contribution in [2.24, 2.45) is 5.92 Å². The fraction of sp³-hybridized carbons (Fsp3) is 0.193. The molecule has 12 heteroatoms. The number of aromatic nitrogens is 1. The fourth-order valence-corrected chi connectivity index (χ4v) is 10.7. The van der Waals surface area contributed by atoms with Crippen LogP contribution in [-0.2, 0) is 43.9 Å². The van der Waals surface area contributed by atoms with Crippen LogP contribution in [0.3, 0.4) is 0 Å². The molecule has 2 heterocycles. The average Bonchev–Trinajstić information content (AvgIpc) is 3.83. The van der Waals surface area contributed by atoms with Crippen LogP contribution in [0.25, 0.3) is 33.7 Å². The molecule has 0 unspecified atom stereocenters. The Bertz CT molecular complexity index is 3000. The first kappa shape index (κ1) is 47.4. The molecular formula is C57H53N3O7S2. The number of carbonyl (C=O) groups is 1. The van der Waals surface area contributed by atoms with Crippen LogP contribution < -0.4 is 10.0 Å². The van der Waals surface area contributed by atoms with Gasteiger partial charge < -0.3 is 24.3 Å². The SMILES string of the molecule is Cc1ccc(S(=O)(=O)N[C@H](Cc2ccccc2)C(=O)NCc2ccccc2-c2ccc([C@@H]3O[C@H](CSc4nc(-c5ccccc5)c(-c5ccccc5)o4)[C@H](C)[C@H](c4ccc(CO)cc4)O3)cc2)cc1. The van der Waals surface area contributed by atoms with Crippen molar-refractivity contribution in [3.8, 4) is 33.7 Å². The minimum absolute atomic E-state index is 0.0505. The van der Waals surface area contributed by atoms with Gasteiger partial charge in [-0.3, -0.25) is 4.79 Å². The van der Waals surface area contributed by atoms with E-state index >= 15 is 0 Å². The number of nitrogens with zero attached hydrogens (tertiary/aromatic N) is 1. The molecule has 3 N–H and O–H groups in total. The molecule has 8 aromatic rings. The van der Waals surface area contributed by atoms with Crippen LogP contribution in [-0.4, -0.2) is 42.3 Å². The Kier molecular flexibility index (Phi) is 15.0. The Morgan fingerprint density at radius 3 is 2.00 bits per heavy atom. The number of rotatable bonds is 17. The van der Waals surface area contributed by atoms with E-state index in [0.717, 1.165) is 61.3 Å². The molecule has 350 valence electrons. The molecule has 0 aliphatic carbocycles. The highest BCUT2D eigenvalue weighted by Gasteiger charge is 2.39. The molecule has 0 saturated carbocycles. The minimum atomic E-state index is -4.00. The Hall–Kier alpha value is -6.64. The molecule has 9 rings (SSSR count). The maximum absolute atomic E-state index is 13.9. The highest BCUT2D eigenvalue weighted by molar-refractivity contribution is 7.99.